The number of carbonyl (C=O) groups excluding carboxylic acids is 1. The first-order chi connectivity index (χ1) is 13.9. The van der Waals surface area contributed by atoms with E-state index in [0.717, 1.165) is 44.5 Å². The largest absolute Gasteiger partial charge is 0.293 e. The SMILES string of the molecule is N#CCN1CC2(CCC(c3cccc4nc(NC(=O)[C@@H]5CC5(F)F)nn34)CC2)C1. The molecule has 7 nitrogen and oxygen atoms in total. The van der Waals surface area contributed by atoms with E-state index in [0.29, 0.717) is 23.5 Å². The van der Waals surface area contributed by atoms with Crippen molar-refractivity contribution in [2.75, 3.05) is 25.0 Å². The van der Waals surface area contributed by atoms with Crippen molar-refractivity contribution in [1.29, 1.82) is 5.26 Å². The summed E-state index contributed by atoms with van der Waals surface area (Å²) in [6.45, 7) is 2.51. The number of hydrogen-bond donors (Lipinski definition) is 1. The van der Waals surface area contributed by atoms with E-state index in [-0.39, 0.29) is 5.95 Å². The Bertz CT molecular complexity index is 996. The van der Waals surface area contributed by atoms with Gasteiger partial charge in [-0.15, -0.1) is 5.10 Å². The maximum Gasteiger partial charge on any atom is 0.260 e. The van der Waals surface area contributed by atoms with Gasteiger partial charge in [0.2, 0.25) is 11.9 Å². The Balaban J connectivity index is 1.28. The van der Waals surface area contributed by atoms with Gasteiger partial charge in [0.15, 0.2) is 5.65 Å². The topological polar surface area (TPSA) is 86.3 Å². The van der Waals surface area contributed by atoms with Crippen LogP contribution in [0.4, 0.5) is 14.7 Å². The number of anilines is 1. The predicted octanol–water partition coefficient (Wildman–Crippen LogP) is 2.81. The Morgan fingerprint density at radius 2 is 2.03 bits per heavy atom. The van der Waals surface area contributed by atoms with Gasteiger partial charge in [0, 0.05) is 31.1 Å². The van der Waals surface area contributed by atoms with Crippen LogP contribution in [0, 0.1) is 22.7 Å². The Morgan fingerprint density at radius 3 is 2.69 bits per heavy atom. The van der Waals surface area contributed by atoms with Crippen molar-refractivity contribution < 1.29 is 13.6 Å². The molecule has 2 aromatic rings. The van der Waals surface area contributed by atoms with Gasteiger partial charge in [-0.25, -0.2) is 13.3 Å². The molecule has 2 saturated carbocycles. The van der Waals surface area contributed by atoms with Crippen molar-refractivity contribution in [3.63, 3.8) is 0 Å². The number of nitrogens with one attached hydrogen (secondary N) is 1. The van der Waals surface area contributed by atoms with Gasteiger partial charge >= 0.3 is 0 Å². The van der Waals surface area contributed by atoms with E-state index in [1.54, 1.807) is 10.6 Å². The molecule has 1 amide bonds. The highest BCUT2D eigenvalue weighted by Gasteiger charge is 2.61. The molecule has 1 spiro atoms. The molecule has 1 atom stereocenters. The summed E-state index contributed by atoms with van der Waals surface area (Å²) in [4.78, 5) is 18.4. The van der Waals surface area contributed by atoms with Crippen molar-refractivity contribution >= 4 is 17.5 Å². The summed E-state index contributed by atoms with van der Waals surface area (Å²) in [6, 6.07) is 7.95. The van der Waals surface area contributed by atoms with Crippen molar-refractivity contribution in [3.05, 3.63) is 23.9 Å². The third-order valence-corrected chi connectivity index (χ3v) is 6.64. The molecule has 2 aliphatic carbocycles. The van der Waals surface area contributed by atoms with Crippen molar-refractivity contribution in [1.82, 2.24) is 19.5 Å². The number of rotatable bonds is 4. The van der Waals surface area contributed by atoms with E-state index in [2.05, 4.69) is 26.4 Å². The van der Waals surface area contributed by atoms with Crippen molar-refractivity contribution in [2.24, 2.45) is 11.3 Å². The molecule has 3 aliphatic rings. The summed E-state index contributed by atoms with van der Waals surface area (Å²) in [5, 5.41) is 15.6. The van der Waals surface area contributed by atoms with Gasteiger partial charge in [0.1, 0.15) is 5.92 Å². The summed E-state index contributed by atoms with van der Waals surface area (Å²) in [6.07, 6.45) is 3.90. The molecule has 0 radical (unpaired) electrons. The fourth-order valence-corrected chi connectivity index (χ4v) is 4.94. The molecule has 0 bridgehead atoms. The lowest BCUT2D eigenvalue weighted by Gasteiger charge is -2.53. The van der Waals surface area contributed by atoms with E-state index < -0.39 is 24.2 Å². The first kappa shape index (κ1) is 18.4. The minimum absolute atomic E-state index is 0.0727. The summed E-state index contributed by atoms with van der Waals surface area (Å²) in [5.41, 5.74) is 1.98. The summed E-state index contributed by atoms with van der Waals surface area (Å²) in [7, 11) is 0. The highest BCUT2D eigenvalue weighted by molar-refractivity contribution is 5.94. The Morgan fingerprint density at radius 1 is 1.31 bits per heavy atom. The fourth-order valence-electron chi connectivity index (χ4n) is 4.94. The molecule has 5 rings (SSSR count). The molecule has 1 N–H and O–H groups in total. The monoisotopic (exact) mass is 400 g/mol. The van der Waals surface area contributed by atoms with Crippen LogP contribution in [0.5, 0.6) is 0 Å². The zero-order valence-corrected chi connectivity index (χ0v) is 15.9. The molecular formula is C20H22F2N6O. The normalized spacial score (nSPS) is 25.5. The number of aromatic nitrogens is 3. The zero-order chi connectivity index (χ0) is 20.2. The third-order valence-electron chi connectivity index (χ3n) is 6.64. The lowest BCUT2D eigenvalue weighted by Crippen LogP contribution is -2.57. The molecule has 0 aromatic carbocycles. The molecule has 1 aliphatic heterocycles. The van der Waals surface area contributed by atoms with Gasteiger partial charge in [0.25, 0.3) is 5.92 Å². The second kappa shape index (κ2) is 6.46. The van der Waals surface area contributed by atoms with E-state index in [1.807, 2.05) is 12.1 Å². The van der Waals surface area contributed by atoms with Crippen molar-refractivity contribution in [3.8, 4) is 6.07 Å². The minimum atomic E-state index is -2.91. The lowest BCUT2D eigenvalue weighted by molar-refractivity contribution is -0.119. The second-order valence-corrected chi connectivity index (χ2v) is 8.74. The highest BCUT2D eigenvalue weighted by atomic mass is 19.3. The number of hydrogen-bond acceptors (Lipinski definition) is 5. The Hall–Kier alpha value is -2.60. The van der Waals surface area contributed by atoms with E-state index >= 15 is 0 Å². The van der Waals surface area contributed by atoms with Crippen LogP contribution in [0.2, 0.25) is 0 Å². The second-order valence-electron chi connectivity index (χ2n) is 8.74. The van der Waals surface area contributed by atoms with Crippen LogP contribution < -0.4 is 5.32 Å². The molecule has 3 heterocycles. The Kier molecular flexibility index (Phi) is 4.10. The average molecular weight is 400 g/mol. The number of fused-ring (bicyclic) bond motifs is 1. The zero-order valence-electron chi connectivity index (χ0n) is 15.9. The van der Waals surface area contributed by atoms with Gasteiger partial charge in [0.05, 0.1) is 12.6 Å². The molecule has 0 unspecified atom stereocenters. The highest BCUT2D eigenvalue weighted by Crippen LogP contribution is 2.49. The van der Waals surface area contributed by atoms with Crippen LogP contribution in [0.25, 0.3) is 5.65 Å². The van der Waals surface area contributed by atoms with Crippen LogP contribution >= 0.6 is 0 Å². The maximum atomic E-state index is 13.1. The molecule has 29 heavy (non-hydrogen) atoms. The average Bonchev–Trinajstić information content (AvgIpc) is 3.12. The lowest BCUT2D eigenvalue weighted by atomic mass is 9.65. The summed E-state index contributed by atoms with van der Waals surface area (Å²) in [5.74, 6) is -4.49. The number of pyridine rings is 1. The first-order valence-electron chi connectivity index (χ1n) is 10.0. The van der Waals surface area contributed by atoms with Crippen molar-refractivity contribution in [2.45, 2.75) is 43.9 Å². The number of nitrogens with zero attached hydrogens (tertiary/aromatic N) is 5. The Labute approximate surface area is 166 Å². The van der Waals surface area contributed by atoms with Crippen LogP contribution in [0.15, 0.2) is 18.2 Å². The molecule has 1 saturated heterocycles. The van der Waals surface area contributed by atoms with Gasteiger partial charge in [-0.2, -0.15) is 10.2 Å². The number of nitriles is 1. The number of likely N-dealkylation sites (tertiary alicyclic amines) is 1. The number of carbonyl (C=O) groups is 1. The first-order valence-corrected chi connectivity index (χ1v) is 10.0. The fraction of sp³-hybridized carbons (Fsp3) is 0.600. The summed E-state index contributed by atoms with van der Waals surface area (Å²) >= 11 is 0. The third kappa shape index (κ3) is 3.25. The van der Waals surface area contributed by atoms with Crippen LogP contribution in [0.3, 0.4) is 0 Å². The minimum Gasteiger partial charge on any atom is -0.293 e. The van der Waals surface area contributed by atoms with Crippen LogP contribution in [-0.4, -0.2) is 51.0 Å². The van der Waals surface area contributed by atoms with Gasteiger partial charge in [-0.1, -0.05) is 6.07 Å². The quantitative estimate of drug-likeness (QED) is 0.798. The number of amides is 1. The van der Waals surface area contributed by atoms with E-state index in [9.17, 15) is 13.6 Å². The van der Waals surface area contributed by atoms with Gasteiger partial charge < -0.3 is 0 Å². The molecule has 3 fully saturated rings. The molecule has 2 aromatic heterocycles. The summed E-state index contributed by atoms with van der Waals surface area (Å²) < 4.78 is 27.9. The maximum absolute atomic E-state index is 13.1. The van der Waals surface area contributed by atoms with Gasteiger partial charge in [-0.3, -0.25) is 15.0 Å². The smallest absolute Gasteiger partial charge is 0.260 e. The van der Waals surface area contributed by atoms with E-state index in [1.165, 1.54) is 0 Å². The standard InChI is InChI=1S/C20H22F2N6O/c21-20(22)10-14(20)17(29)25-18-24-16-3-1-2-15(28(16)26-18)13-4-6-19(7-5-13)11-27(12-19)9-8-23/h1-3,13-14H,4-7,9-12H2,(H,25,26,29)/t14-/m0/s1. The van der Waals surface area contributed by atoms with E-state index in [4.69, 9.17) is 5.26 Å². The van der Waals surface area contributed by atoms with Crippen LogP contribution in [-0.2, 0) is 4.79 Å². The number of halogens is 2. The molecular weight excluding hydrogens is 378 g/mol. The number of alkyl halides is 2. The van der Waals surface area contributed by atoms with Gasteiger partial charge in [-0.05, 0) is 43.2 Å². The predicted molar refractivity (Wildman–Crippen MR) is 100 cm³/mol. The molecule has 152 valence electrons. The molecule has 9 heteroatoms. The van der Waals surface area contributed by atoms with Crippen LogP contribution in [0.1, 0.15) is 43.7 Å².